The lowest BCUT2D eigenvalue weighted by Crippen LogP contribution is -1.92. The maximum atomic E-state index is 10.1. The molecule has 1 aromatic rings. The van der Waals surface area contributed by atoms with Gasteiger partial charge in [0.05, 0.1) is 6.61 Å². The van der Waals surface area contributed by atoms with Crippen LogP contribution in [0.25, 0.3) is 6.08 Å². The Morgan fingerprint density at radius 3 is 2.79 bits per heavy atom. The standard InChI is InChI=1S/C12H14O2/c1-3-14-12-7-6-11(5-4-8-13)10(2)9-12/h4-9H,3H2,1-2H3/b5-4+. The van der Waals surface area contributed by atoms with Crippen LogP contribution in [0.3, 0.4) is 0 Å². The molecule has 0 aromatic heterocycles. The second-order valence-electron chi connectivity index (χ2n) is 2.95. The first kappa shape index (κ1) is 10.5. The molecule has 0 atom stereocenters. The van der Waals surface area contributed by atoms with Crippen LogP contribution < -0.4 is 4.74 Å². The highest BCUT2D eigenvalue weighted by Gasteiger charge is 1.96. The lowest BCUT2D eigenvalue weighted by molar-refractivity contribution is -0.104. The molecular formula is C12H14O2. The fourth-order valence-corrected chi connectivity index (χ4v) is 1.23. The summed E-state index contributed by atoms with van der Waals surface area (Å²) in [6.07, 6.45) is 4.05. The van der Waals surface area contributed by atoms with Gasteiger partial charge in [0.15, 0.2) is 0 Å². The van der Waals surface area contributed by atoms with Crippen molar-refractivity contribution in [2.24, 2.45) is 0 Å². The smallest absolute Gasteiger partial charge is 0.142 e. The molecule has 0 spiro atoms. The Morgan fingerprint density at radius 2 is 2.21 bits per heavy atom. The van der Waals surface area contributed by atoms with Gasteiger partial charge in [0.25, 0.3) is 0 Å². The molecule has 14 heavy (non-hydrogen) atoms. The molecule has 0 saturated heterocycles. The van der Waals surface area contributed by atoms with Gasteiger partial charge in [0.1, 0.15) is 12.0 Å². The molecule has 0 fully saturated rings. The molecule has 0 aliphatic rings. The average Bonchev–Trinajstić information content (AvgIpc) is 2.17. The third-order valence-electron chi connectivity index (χ3n) is 1.91. The molecule has 2 nitrogen and oxygen atoms in total. The van der Waals surface area contributed by atoms with E-state index in [9.17, 15) is 4.79 Å². The number of hydrogen-bond donors (Lipinski definition) is 0. The number of rotatable bonds is 4. The zero-order valence-electron chi connectivity index (χ0n) is 8.49. The average molecular weight is 190 g/mol. The zero-order chi connectivity index (χ0) is 10.4. The Hall–Kier alpha value is -1.57. The van der Waals surface area contributed by atoms with Crippen molar-refractivity contribution in [1.29, 1.82) is 0 Å². The maximum absolute atomic E-state index is 10.1. The van der Waals surface area contributed by atoms with Crippen molar-refractivity contribution in [3.05, 3.63) is 35.4 Å². The second kappa shape index (κ2) is 5.22. The van der Waals surface area contributed by atoms with Crippen LogP contribution in [0.5, 0.6) is 5.75 Å². The minimum atomic E-state index is 0.670. The first-order chi connectivity index (χ1) is 6.77. The summed E-state index contributed by atoms with van der Waals surface area (Å²) in [5.74, 6) is 0.869. The predicted octanol–water partition coefficient (Wildman–Crippen LogP) is 2.61. The number of carbonyl (C=O) groups is 1. The Labute approximate surface area is 84.2 Å². The van der Waals surface area contributed by atoms with Crippen LogP contribution in [-0.4, -0.2) is 12.9 Å². The minimum absolute atomic E-state index is 0.670. The van der Waals surface area contributed by atoms with E-state index in [1.807, 2.05) is 32.0 Å². The van der Waals surface area contributed by atoms with Gasteiger partial charge in [-0.3, -0.25) is 4.79 Å². The van der Waals surface area contributed by atoms with Crippen molar-refractivity contribution in [2.75, 3.05) is 6.61 Å². The number of ether oxygens (including phenoxy) is 1. The summed E-state index contributed by atoms with van der Waals surface area (Å²) in [5.41, 5.74) is 2.15. The SMILES string of the molecule is CCOc1ccc(/C=C/C=O)c(C)c1. The molecule has 0 amide bonds. The quantitative estimate of drug-likeness (QED) is 0.539. The maximum Gasteiger partial charge on any atom is 0.142 e. The summed E-state index contributed by atoms with van der Waals surface area (Å²) in [7, 11) is 0. The molecular weight excluding hydrogens is 176 g/mol. The molecule has 74 valence electrons. The third kappa shape index (κ3) is 2.73. The normalized spacial score (nSPS) is 10.4. The van der Waals surface area contributed by atoms with Gasteiger partial charge in [-0.2, -0.15) is 0 Å². The number of hydrogen-bond acceptors (Lipinski definition) is 2. The highest BCUT2D eigenvalue weighted by atomic mass is 16.5. The molecule has 0 aliphatic heterocycles. The summed E-state index contributed by atoms with van der Waals surface area (Å²) in [5, 5.41) is 0. The topological polar surface area (TPSA) is 26.3 Å². The van der Waals surface area contributed by atoms with Gasteiger partial charge in [-0.05, 0) is 43.2 Å². The molecule has 0 unspecified atom stereocenters. The second-order valence-corrected chi connectivity index (χ2v) is 2.95. The van der Waals surface area contributed by atoms with Crippen molar-refractivity contribution in [3.8, 4) is 5.75 Å². The number of aldehydes is 1. The summed E-state index contributed by atoms with van der Waals surface area (Å²) >= 11 is 0. The number of allylic oxidation sites excluding steroid dienone is 1. The first-order valence-corrected chi connectivity index (χ1v) is 4.63. The monoisotopic (exact) mass is 190 g/mol. The van der Waals surface area contributed by atoms with Crippen LogP contribution in [0.2, 0.25) is 0 Å². The Morgan fingerprint density at radius 1 is 1.43 bits per heavy atom. The van der Waals surface area contributed by atoms with E-state index in [1.165, 1.54) is 6.08 Å². The van der Waals surface area contributed by atoms with Crippen LogP contribution in [0.1, 0.15) is 18.1 Å². The minimum Gasteiger partial charge on any atom is -0.494 e. The Balaban J connectivity index is 2.89. The third-order valence-corrected chi connectivity index (χ3v) is 1.91. The van der Waals surface area contributed by atoms with Crippen LogP contribution in [-0.2, 0) is 4.79 Å². The van der Waals surface area contributed by atoms with Gasteiger partial charge in [-0.15, -0.1) is 0 Å². The summed E-state index contributed by atoms with van der Waals surface area (Å²) in [6, 6.07) is 5.81. The largest absolute Gasteiger partial charge is 0.494 e. The molecule has 0 saturated carbocycles. The van der Waals surface area contributed by atoms with Gasteiger partial charge in [-0.25, -0.2) is 0 Å². The van der Waals surface area contributed by atoms with E-state index >= 15 is 0 Å². The van der Waals surface area contributed by atoms with Crippen LogP contribution in [0.15, 0.2) is 24.3 Å². The van der Waals surface area contributed by atoms with E-state index in [0.29, 0.717) is 6.61 Å². The van der Waals surface area contributed by atoms with Crippen molar-refractivity contribution >= 4 is 12.4 Å². The molecule has 0 aliphatic carbocycles. The molecule has 0 heterocycles. The summed E-state index contributed by atoms with van der Waals surface area (Å²) in [6.45, 7) is 4.62. The van der Waals surface area contributed by atoms with Gasteiger partial charge >= 0.3 is 0 Å². The van der Waals surface area contributed by atoms with E-state index in [1.54, 1.807) is 6.08 Å². The highest BCUT2D eigenvalue weighted by Crippen LogP contribution is 2.18. The summed E-state index contributed by atoms with van der Waals surface area (Å²) in [4.78, 5) is 10.1. The van der Waals surface area contributed by atoms with E-state index < -0.39 is 0 Å². The Kier molecular flexibility index (Phi) is 3.92. The molecule has 0 radical (unpaired) electrons. The van der Waals surface area contributed by atoms with Gasteiger partial charge in [-0.1, -0.05) is 12.1 Å². The Bertz CT molecular complexity index is 340. The van der Waals surface area contributed by atoms with Gasteiger partial charge in [0, 0.05) is 0 Å². The zero-order valence-corrected chi connectivity index (χ0v) is 8.49. The number of benzene rings is 1. The molecule has 2 heteroatoms. The summed E-state index contributed by atoms with van der Waals surface area (Å²) < 4.78 is 5.35. The van der Waals surface area contributed by atoms with Gasteiger partial charge < -0.3 is 4.74 Å². The fraction of sp³-hybridized carbons (Fsp3) is 0.250. The van der Waals surface area contributed by atoms with Crippen LogP contribution in [0.4, 0.5) is 0 Å². The first-order valence-electron chi connectivity index (χ1n) is 4.63. The molecule has 1 aromatic carbocycles. The predicted molar refractivity (Wildman–Crippen MR) is 57.4 cm³/mol. The molecule has 0 bridgehead atoms. The van der Waals surface area contributed by atoms with E-state index in [4.69, 9.17) is 4.74 Å². The van der Waals surface area contributed by atoms with Gasteiger partial charge in [0.2, 0.25) is 0 Å². The van der Waals surface area contributed by atoms with Crippen molar-refractivity contribution < 1.29 is 9.53 Å². The van der Waals surface area contributed by atoms with Crippen LogP contribution in [0, 0.1) is 6.92 Å². The highest BCUT2D eigenvalue weighted by molar-refractivity contribution is 5.74. The lowest BCUT2D eigenvalue weighted by atomic mass is 10.1. The van der Waals surface area contributed by atoms with Crippen LogP contribution >= 0.6 is 0 Å². The molecule has 0 N–H and O–H groups in total. The van der Waals surface area contributed by atoms with Crippen molar-refractivity contribution in [3.63, 3.8) is 0 Å². The fourth-order valence-electron chi connectivity index (χ4n) is 1.23. The van der Waals surface area contributed by atoms with E-state index in [2.05, 4.69) is 0 Å². The number of carbonyl (C=O) groups excluding carboxylic acids is 1. The van der Waals surface area contributed by atoms with Crippen molar-refractivity contribution in [2.45, 2.75) is 13.8 Å². The molecule has 1 rings (SSSR count). The van der Waals surface area contributed by atoms with E-state index in [-0.39, 0.29) is 0 Å². The van der Waals surface area contributed by atoms with Crippen molar-refractivity contribution in [1.82, 2.24) is 0 Å². The lowest BCUT2D eigenvalue weighted by Gasteiger charge is -2.05. The number of aryl methyl sites for hydroxylation is 1. The van der Waals surface area contributed by atoms with E-state index in [0.717, 1.165) is 23.2 Å².